The molecule has 1 amide bonds. The fourth-order valence-corrected chi connectivity index (χ4v) is 6.74. The largest absolute Gasteiger partial charge is 0.497 e. The number of carboxylic acids is 1. The number of unbranched alkanes of at least 4 members (excludes halogenated alkanes) is 7. The number of hydrogen-bond acceptors (Lipinski definition) is 6. The number of β-amino-alcohol motifs (C(OH)–C–C–N with tert-alkyl or cyclic N) is 1. The molecule has 0 aliphatic carbocycles. The molecule has 2 N–H and O–H groups in total. The number of hydrogen-bond donors (Lipinski definition) is 2. The number of aliphatic hydroxyl groups is 1. The number of carboxylic acid groups (broad SMARTS) is 1. The molecular weight excluding hydrogens is 594 g/mol. The lowest BCUT2D eigenvalue weighted by Crippen LogP contribution is -2.50. The zero-order chi connectivity index (χ0) is 33.7. The van der Waals surface area contributed by atoms with Gasteiger partial charge >= 0.3 is 5.97 Å². The van der Waals surface area contributed by atoms with Gasteiger partial charge in [0.15, 0.2) is 0 Å². The van der Waals surface area contributed by atoms with Crippen molar-refractivity contribution in [2.45, 2.75) is 94.8 Å². The van der Waals surface area contributed by atoms with Gasteiger partial charge in [0.05, 0.1) is 32.5 Å². The lowest BCUT2D eigenvalue weighted by Gasteiger charge is -2.41. The van der Waals surface area contributed by atoms with E-state index in [0.29, 0.717) is 19.4 Å². The monoisotopic (exact) mass is 645 g/mol. The molecule has 0 radical (unpaired) electrons. The Morgan fingerprint density at radius 2 is 1.21 bits per heavy atom. The number of nitrogens with zero attached hydrogens (tertiary/aromatic N) is 1. The van der Waals surface area contributed by atoms with Crippen LogP contribution < -0.4 is 9.47 Å². The lowest BCUT2D eigenvalue weighted by molar-refractivity contribution is -0.139. The second kappa shape index (κ2) is 17.3. The van der Waals surface area contributed by atoms with Crippen LogP contribution in [0.25, 0.3) is 0 Å². The molecule has 0 bridgehead atoms. The number of ether oxygens (including phenoxy) is 3. The molecule has 1 aliphatic rings. The van der Waals surface area contributed by atoms with Gasteiger partial charge in [-0.15, -0.1) is 0 Å². The van der Waals surface area contributed by atoms with Crippen LogP contribution in [0, 0.1) is 0 Å². The van der Waals surface area contributed by atoms with Crippen molar-refractivity contribution in [3.8, 4) is 11.5 Å². The van der Waals surface area contributed by atoms with E-state index in [9.17, 15) is 14.7 Å². The number of aliphatic carboxylic acids is 1. The van der Waals surface area contributed by atoms with Crippen LogP contribution >= 0.6 is 0 Å². The molecule has 254 valence electrons. The molecule has 3 aromatic rings. The highest BCUT2D eigenvalue weighted by Crippen LogP contribution is 2.43. The van der Waals surface area contributed by atoms with E-state index in [2.05, 4.69) is 12.1 Å². The molecule has 8 nitrogen and oxygen atoms in total. The summed E-state index contributed by atoms with van der Waals surface area (Å²) in [5.74, 6) is 0.793. The van der Waals surface area contributed by atoms with Gasteiger partial charge in [0, 0.05) is 25.8 Å². The Balaban J connectivity index is 1.50. The van der Waals surface area contributed by atoms with Crippen LogP contribution in [-0.2, 0) is 19.9 Å². The van der Waals surface area contributed by atoms with Gasteiger partial charge in [0.25, 0.3) is 0 Å². The summed E-state index contributed by atoms with van der Waals surface area (Å²) in [7, 11) is 3.29. The Morgan fingerprint density at radius 1 is 0.745 bits per heavy atom. The number of rotatable bonds is 19. The molecule has 1 saturated heterocycles. The van der Waals surface area contributed by atoms with Gasteiger partial charge in [-0.3, -0.25) is 9.59 Å². The van der Waals surface area contributed by atoms with E-state index in [1.807, 2.05) is 78.6 Å². The smallest absolute Gasteiger partial charge is 0.303 e. The zero-order valence-electron chi connectivity index (χ0n) is 28.2. The van der Waals surface area contributed by atoms with Gasteiger partial charge in [-0.25, -0.2) is 0 Å². The number of benzene rings is 3. The standard InChI is InChI=1S/C39H51NO7/c1-38(27-33(41)28-40(38)36(42)17-13-8-6-4-5-7-9-14-18-37(43)44)29-47-39(30-15-11-10-12-16-30,31-19-23-34(45-2)24-20-31)32-21-25-35(46-3)26-22-32/h10-12,15-16,19-26,33,41H,4-9,13-14,17-18,27-29H2,1-3H3,(H,43,44)/t33-,38+/m1/s1. The van der Waals surface area contributed by atoms with Crippen molar-refractivity contribution in [2.75, 3.05) is 27.4 Å². The minimum Gasteiger partial charge on any atom is -0.497 e. The maximum atomic E-state index is 13.6. The van der Waals surface area contributed by atoms with E-state index in [0.717, 1.165) is 79.6 Å². The topological polar surface area (TPSA) is 106 Å². The number of carbonyl (C=O) groups is 2. The lowest BCUT2D eigenvalue weighted by atomic mass is 9.79. The van der Waals surface area contributed by atoms with Crippen molar-refractivity contribution in [3.63, 3.8) is 0 Å². The summed E-state index contributed by atoms with van der Waals surface area (Å²) in [5.41, 5.74) is 1.05. The van der Waals surface area contributed by atoms with Crippen molar-refractivity contribution in [3.05, 3.63) is 95.6 Å². The van der Waals surface area contributed by atoms with Crippen molar-refractivity contribution in [1.82, 2.24) is 4.90 Å². The van der Waals surface area contributed by atoms with E-state index in [1.54, 1.807) is 14.2 Å². The molecule has 47 heavy (non-hydrogen) atoms. The molecule has 8 heteroatoms. The minimum absolute atomic E-state index is 0.0422. The van der Waals surface area contributed by atoms with E-state index < -0.39 is 23.2 Å². The molecule has 0 saturated carbocycles. The zero-order valence-corrected chi connectivity index (χ0v) is 28.2. The van der Waals surface area contributed by atoms with Crippen LogP contribution in [0.4, 0.5) is 0 Å². The molecule has 3 aromatic carbocycles. The molecule has 1 fully saturated rings. The summed E-state index contributed by atoms with van der Waals surface area (Å²) in [6.45, 7) is 2.52. The Morgan fingerprint density at radius 3 is 1.70 bits per heavy atom. The third-order valence-corrected chi connectivity index (χ3v) is 9.33. The normalized spacial score (nSPS) is 17.9. The maximum absolute atomic E-state index is 13.6. The number of aliphatic hydroxyl groups excluding tert-OH is 1. The molecule has 0 aromatic heterocycles. The van der Waals surface area contributed by atoms with E-state index >= 15 is 0 Å². The highest BCUT2D eigenvalue weighted by Gasteiger charge is 2.47. The summed E-state index contributed by atoms with van der Waals surface area (Å²) >= 11 is 0. The van der Waals surface area contributed by atoms with E-state index in [1.165, 1.54) is 0 Å². The minimum atomic E-state index is -1.02. The Bertz CT molecular complexity index is 1350. The molecule has 0 unspecified atom stereocenters. The van der Waals surface area contributed by atoms with Crippen LogP contribution in [0.1, 0.15) is 94.2 Å². The number of likely N-dealkylation sites (tertiary alicyclic amines) is 1. The molecule has 1 heterocycles. The molecule has 0 spiro atoms. The van der Waals surface area contributed by atoms with Gasteiger partial charge in [-0.2, -0.15) is 0 Å². The van der Waals surface area contributed by atoms with Gasteiger partial charge in [-0.05, 0) is 60.7 Å². The van der Waals surface area contributed by atoms with Crippen molar-refractivity contribution >= 4 is 11.9 Å². The maximum Gasteiger partial charge on any atom is 0.303 e. The molecule has 1 aliphatic heterocycles. The van der Waals surface area contributed by atoms with Crippen molar-refractivity contribution in [2.24, 2.45) is 0 Å². The molecule has 2 atom stereocenters. The average molecular weight is 646 g/mol. The number of carbonyl (C=O) groups excluding carboxylic acids is 1. The average Bonchev–Trinajstić information content (AvgIpc) is 3.40. The number of methoxy groups -OCH3 is 2. The van der Waals surface area contributed by atoms with Gasteiger partial charge < -0.3 is 29.3 Å². The van der Waals surface area contributed by atoms with Gasteiger partial charge in [0.1, 0.15) is 17.1 Å². The highest BCUT2D eigenvalue weighted by atomic mass is 16.5. The fraction of sp³-hybridized carbons (Fsp3) is 0.487. The first-order valence-corrected chi connectivity index (χ1v) is 16.9. The predicted molar refractivity (Wildman–Crippen MR) is 183 cm³/mol. The molecular formula is C39H51NO7. The summed E-state index contributed by atoms with van der Waals surface area (Å²) in [5, 5.41) is 19.6. The summed E-state index contributed by atoms with van der Waals surface area (Å²) in [6, 6.07) is 25.8. The van der Waals surface area contributed by atoms with Gasteiger partial charge in [-0.1, -0.05) is 93.1 Å². The van der Waals surface area contributed by atoms with Crippen LogP contribution in [0.3, 0.4) is 0 Å². The Labute approximate surface area is 279 Å². The van der Waals surface area contributed by atoms with Crippen LogP contribution in [-0.4, -0.2) is 66.0 Å². The third-order valence-electron chi connectivity index (χ3n) is 9.33. The van der Waals surface area contributed by atoms with Crippen LogP contribution in [0.15, 0.2) is 78.9 Å². The van der Waals surface area contributed by atoms with E-state index in [4.69, 9.17) is 19.3 Å². The first-order chi connectivity index (χ1) is 22.7. The Hall–Kier alpha value is -3.88. The SMILES string of the molecule is COc1ccc(C(OC[C@]2(C)C[C@@H](O)CN2C(=O)CCCCCCCCCCC(=O)O)(c2ccccc2)c2ccc(OC)cc2)cc1. The van der Waals surface area contributed by atoms with Gasteiger partial charge in [0.2, 0.25) is 5.91 Å². The Kier molecular flexibility index (Phi) is 13.3. The van der Waals surface area contributed by atoms with Crippen molar-refractivity contribution in [1.29, 1.82) is 0 Å². The van der Waals surface area contributed by atoms with Crippen LogP contribution in [0.2, 0.25) is 0 Å². The summed E-state index contributed by atoms with van der Waals surface area (Å²) in [6.07, 6.45) is 8.22. The quantitative estimate of drug-likeness (QED) is 0.104. The first-order valence-electron chi connectivity index (χ1n) is 16.9. The summed E-state index contributed by atoms with van der Waals surface area (Å²) < 4.78 is 18.1. The molecule has 4 rings (SSSR count). The van der Waals surface area contributed by atoms with Crippen molar-refractivity contribution < 1.29 is 34.0 Å². The summed E-state index contributed by atoms with van der Waals surface area (Å²) in [4.78, 5) is 26.1. The van der Waals surface area contributed by atoms with Crippen LogP contribution in [0.5, 0.6) is 11.5 Å². The first kappa shape index (κ1) is 36.0. The fourth-order valence-electron chi connectivity index (χ4n) is 6.74. The third kappa shape index (κ3) is 9.36. The second-order valence-electron chi connectivity index (χ2n) is 12.9. The second-order valence-corrected chi connectivity index (χ2v) is 12.9. The predicted octanol–water partition coefficient (Wildman–Crippen LogP) is 7.35. The number of amides is 1. The highest BCUT2D eigenvalue weighted by molar-refractivity contribution is 5.77. The van der Waals surface area contributed by atoms with E-state index in [-0.39, 0.29) is 18.9 Å².